The summed E-state index contributed by atoms with van der Waals surface area (Å²) in [6.07, 6.45) is 4.79. The fraction of sp³-hybridized carbons (Fsp3) is 0.632. The maximum atomic E-state index is 13.1. The van der Waals surface area contributed by atoms with E-state index in [0.29, 0.717) is 24.5 Å². The maximum Gasteiger partial charge on any atom is 0.237 e. The van der Waals surface area contributed by atoms with Crippen molar-refractivity contribution in [3.63, 3.8) is 0 Å². The van der Waals surface area contributed by atoms with Gasteiger partial charge in [-0.05, 0) is 44.0 Å². The number of sulfone groups is 1. The third-order valence-corrected chi connectivity index (χ3v) is 7.38. The van der Waals surface area contributed by atoms with Gasteiger partial charge in [-0.3, -0.25) is 9.69 Å². The second-order valence-corrected chi connectivity index (χ2v) is 10.3. The van der Waals surface area contributed by atoms with E-state index in [1.165, 1.54) is 0 Å². The summed E-state index contributed by atoms with van der Waals surface area (Å²) in [7, 11) is -1.08. The van der Waals surface area contributed by atoms with Crippen LogP contribution in [0.25, 0.3) is 0 Å². The predicted octanol–water partition coefficient (Wildman–Crippen LogP) is 2.73. The average molecular weight is 399 g/mol. The van der Waals surface area contributed by atoms with Crippen LogP contribution < -0.4 is 0 Å². The highest BCUT2D eigenvalue weighted by atomic mass is 35.5. The van der Waals surface area contributed by atoms with Gasteiger partial charge < -0.3 is 4.90 Å². The van der Waals surface area contributed by atoms with Crippen LogP contribution in [0.5, 0.6) is 0 Å². The maximum absolute atomic E-state index is 13.1. The van der Waals surface area contributed by atoms with E-state index in [9.17, 15) is 13.2 Å². The SMILES string of the molecule is CN(CC(=O)N(C1CCCC1)C1CCS(=O)(=O)C1)Cc1ccc(Cl)cc1. The lowest BCUT2D eigenvalue weighted by atomic mass is 10.1. The highest BCUT2D eigenvalue weighted by Gasteiger charge is 2.39. The number of benzene rings is 1. The molecule has 1 aromatic carbocycles. The Labute approximate surface area is 161 Å². The summed E-state index contributed by atoms with van der Waals surface area (Å²) in [5, 5.41) is 0.697. The molecule has 0 bridgehead atoms. The Kier molecular flexibility index (Phi) is 6.25. The van der Waals surface area contributed by atoms with Crippen molar-refractivity contribution < 1.29 is 13.2 Å². The van der Waals surface area contributed by atoms with E-state index in [4.69, 9.17) is 11.6 Å². The van der Waals surface area contributed by atoms with Gasteiger partial charge in [-0.25, -0.2) is 8.42 Å². The number of rotatable bonds is 6. The van der Waals surface area contributed by atoms with Gasteiger partial charge in [0.25, 0.3) is 0 Å². The summed E-state index contributed by atoms with van der Waals surface area (Å²) in [6.45, 7) is 0.958. The highest BCUT2D eigenvalue weighted by Crippen LogP contribution is 2.29. The van der Waals surface area contributed by atoms with Crippen molar-refractivity contribution in [2.45, 2.75) is 50.7 Å². The van der Waals surface area contributed by atoms with Gasteiger partial charge in [-0.2, -0.15) is 0 Å². The monoisotopic (exact) mass is 398 g/mol. The van der Waals surface area contributed by atoms with Crippen molar-refractivity contribution in [3.05, 3.63) is 34.9 Å². The Hall–Kier alpha value is -1.11. The number of carbonyl (C=O) groups excluding carboxylic acids is 1. The molecular weight excluding hydrogens is 372 g/mol. The molecule has 0 N–H and O–H groups in total. The lowest BCUT2D eigenvalue weighted by molar-refractivity contribution is -0.136. The lowest BCUT2D eigenvalue weighted by Gasteiger charge is -2.35. The van der Waals surface area contributed by atoms with Crippen LogP contribution in [0.2, 0.25) is 5.02 Å². The minimum Gasteiger partial charge on any atom is -0.335 e. The largest absolute Gasteiger partial charge is 0.335 e. The summed E-state index contributed by atoms with van der Waals surface area (Å²) in [4.78, 5) is 16.9. The highest BCUT2D eigenvalue weighted by molar-refractivity contribution is 7.91. The molecule has 1 heterocycles. The molecule has 1 aliphatic carbocycles. The first-order valence-electron chi connectivity index (χ1n) is 9.28. The Bertz CT molecular complexity index is 730. The van der Waals surface area contributed by atoms with Gasteiger partial charge in [0.05, 0.1) is 18.1 Å². The molecule has 1 atom stereocenters. The van der Waals surface area contributed by atoms with E-state index in [2.05, 4.69) is 0 Å². The van der Waals surface area contributed by atoms with Crippen molar-refractivity contribution in [1.29, 1.82) is 0 Å². The van der Waals surface area contributed by atoms with E-state index in [-0.39, 0.29) is 29.5 Å². The number of hydrogen-bond acceptors (Lipinski definition) is 4. The first-order valence-corrected chi connectivity index (χ1v) is 11.5. The van der Waals surface area contributed by atoms with Crippen LogP contribution in [-0.2, 0) is 21.2 Å². The van der Waals surface area contributed by atoms with Gasteiger partial charge >= 0.3 is 0 Å². The van der Waals surface area contributed by atoms with Crippen molar-refractivity contribution >= 4 is 27.3 Å². The molecule has 1 saturated heterocycles. The molecule has 7 heteroatoms. The standard InChI is InChI=1S/C19H27ClN2O3S/c1-21(12-15-6-8-16(20)9-7-15)13-19(23)22(17-4-2-3-5-17)18-10-11-26(24,25)14-18/h6-9,17-18H,2-5,10-14H2,1H3. The number of nitrogens with zero attached hydrogens (tertiary/aromatic N) is 2. The molecule has 2 aliphatic rings. The quantitative estimate of drug-likeness (QED) is 0.739. The fourth-order valence-electron chi connectivity index (χ4n) is 4.15. The van der Waals surface area contributed by atoms with Crippen molar-refractivity contribution in [2.24, 2.45) is 0 Å². The minimum absolute atomic E-state index is 0.0514. The molecule has 2 fully saturated rings. The minimum atomic E-state index is -3.00. The third kappa shape index (κ3) is 4.99. The number of halogens is 1. The molecule has 1 amide bonds. The first-order chi connectivity index (χ1) is 12.3. The summed E-state index contributed by atoms with van der Waals surface area (Å²) in [5.41, 5.74) is 1.10. The smallest absolute Gasteiger partial charge is 0.237 e. The number of carbonyl (C=O) groups is 1. The molecule has 1 aromatic rings. The number of hydrogen-bond donors (Lipinski definition) is 0. The topological polar surface area (TPSA) is 57.7 Å². The molecule has 5 nitrogen and oxygen atoms in total. The molecule has 144 valence electrons. The van der Waals surface area contributed by atoms with Gasteiger partial charge in [0.2, 0.25) is 5.91 Å². The normalized spacial score (nSPS) is 22.8. The van der Waals surface area contributed by atoms with Gasteiger partial charge in [0, 0.05) is 23.7 Å². The van der Waals surface area contributed by atoms with Crippen LogP contribution >= 0.6 is 11.6 Å². The summed E-state index contributed by atoms with van der Waals surface area (Å²) in [6, 6.07) is 7.66. The van der Waals surface area contributed by atoms with Gasteiger partial charge in [-0.1, -0.05) is 36.6 Å². The average Bonchev–Trinajstić information content (AvgIpc) is 3.20. The molecule has 1 unspecified atom stereocenters. The van der Waals surface area contributed by atoms with Crippen LogP contribution in [0.3, 0.4) is 0 Å². The van der Waals surface area contributed by atoms with Crippen LogP contribution in [0.1, 0.15) is 37.7 Å². The molecule has 1 saturated carbocycles. The van der Waals surface area contributed by atoms with E-state index in [1.807, 2.05) is 41.1 Å². The summed E-state index contributed by atoms with van der Waals surface area (Å²) < 4.78 is 23.8. The summed E-state index contributed by atoms with van der Waals surface area (Å²) >= 11 is 5.92. The lowest BCUT2D eigenvalue weighted by Crippen LogP contribution is -2.50. The molecule has 0 spiro atoms. The van der Waals surface area contributed by atoms with Crippen molar-refractivity contribution in [2.75, 3.05) is 25.1 Å². The van der Waals surface area contributed by atoms with Crippen LogP contribution in [0.4, 0.5) is 0 Å². The Morgan fingerprint density at radius 3 is 2.35 bits per heavy atom. The molecule has 26 heavy (non-hydrogen) atoms. The van der Waals surface area contributed by atoms with E-state index in [1.54, 1.807) is 0 Å². The van der Waals surface area contributed by atoms with Crippen molar-refractivity contribution in [3.8, 4) is 0 Å². The second kappa shape index (κ2) is 8.28. The zero-order valence-electron chi connectivity index (χ0n) is 15.2. The fourth-order valence-corrected chi connectivity index (χ4v) is 5.99. The second-order valence-electron chi connectivity index (χ2n) is 7.59. The molecule has 0 radical (unpaired) electrons. The zero-order chi connectivity index (χ0) is 18.7. The zero-order valence-corrected chi connectivity index (χ0v) is 16.8. The Balaban J connectivity index is 1.65. The van der Waals surface area contributed by atoms with Crippen LogP contribution in [0.15, 0.2) is 24.3 Å². The van der Waals surface area contributed by atoms with Gasteiger partial charge in [0.1, 0.15) is 0 Å². The first kappa shape index (κ1) is 19.6. The molecule has 0 aromatic heterocycles. The van der Waals surface area contributed by atoms with E-state index >= 15 is 0 Å². The van der Waals surface area contributed by atoms with Crippen molar-refractivity contribution in [1.82, 2.24) is 9.80 Å². The number of amides is 1. The van der Waals surface area contributed by atoms with Gasteiger partial charge in [-0.15, -0.1) is 0 Å². The Morgan fingerprint density at radius 2 is 1.77 bits per heavy atom. The predicted molar refractivity (Wildman–Crippen MR) is 104 cm³/mol. The molecule has 3 rings (SSSR count). The van der Waals surface area contributed by atoms with Crippen LogP contribution in [-0.4, -0.2) is 61.3 Å². The van der Waals surface area contributed by atoms with Gasteiger partial charge in [0.15, 0.2) is 9.84 Å². The third-order valence-electron chi connectivity index (χ3n) is 5.38. The molecule has 1 aliphatic heterocycles. The van der Waals surface area contributed by atoms with E-state index in [0.717, 1.165) is 31.2 Å². The Morgan fingerprint density at radius 1 is 1.12 bits per heavy atom. The molecular formula is C19H27ClN2O3S. The summed E-state index contributed by atoms with van der Waals surface area (Å²) in [5.74, 6) is 0.376. The van der Waals surface area contributed by atoms with E-state index < -0.39 is 9.84 Å². The van der Waals surface area contributed by atoms with Crippen LogP contribution in [0, 0.1) is 0 Å². The number of likely N-dealkylation sites (N-methyl/N-ethyl adjacent to an activating group) is 1.